The van der Waals surface area contributed by atoms with Crippen LogP contribution in [0.5, 0.6) is 0 Å². The number of aldehydes is 1. The summed E-state index contributed by atoms with van der Waals surface area (Å²) in [5, 5.41) is 0. The van der Waals surface area contributed by atoms with E-state index in [-0.39, 0.29) is 24.5 Å². The molecule has 0 aromatic rings. The van der Waals surface area contributed by atoms with Gasteiger partial charge in [0.1, 0.15) is 18.2 Å². The quantitative estimate of drug-likeness (QED) is 0.481. The van der Waals surface area contributed by atoms with E-state index in [1.807, 2.05) is 0 Å². The van der Waals surface area contributed by atoms with E-state index in [0.717, 1.165) is 0 Å². The van der Waals surface area contributed by atoms with Gasteiger partial charge in [0, 0.05) is 6.42 Å². The van der Waals surface area contributed by atoms with Crippen LogP contribution in [0.15, 0.2) is 0 Å². The number of carbonyl (C=O) groups excluding carboxylic acids is 2. The normalized spacial score (nSPS) is 11.4. The van der Waals surface area contributed by atoms with E-state index in [4.69, 9.17) is 18.8 Å². The molecule has 0 aromatic heterocycles. The summed E-state index contributed by atoms with van der Waals surface area (Å²) >= 11 is 0. The second kappa shape index (κ2) is 11.3. The minimum absolute atomic E-state index is 0.0652. The monoisotopic (exact) mass is 332 g/mol. The summed E-state index contributed by atoms with van der Waals surface area (Å²) in [4.78, 5) is 36.4. The van der Waals surface area contributed by atoms with Gasteiger partial charge >= 0.3 is 15.2 Å². The summed E-state index contributed by atoms with van der Waals surface area (Å²) in [6.45, 7) is 5.39. The molecule has 0 aliphatic carbocycles. The summed E-state index contributed by atoms with van der Waals surface area (Å²) < 4.78 is 31.3. The summed E-state index contributed by atoms with van der Waals surface area (Å²) in [5.74, 6) is -0.180. The van der Waals surface area contributed by atoms with Crippen molar-refractivity contribution in [3.05, 3.63) is 0 Å². The maximum absolute atomic E-state index is 11.6. The highest BCUT2D eigenvalue weighted by Gasteiger charge is 2.25. The van der Waals surface area contributed by atoms with Crippen LogP contribution in [-0.2, 0) is 27.8 Å². The van der Waals surface area contributed by atoms with Crippen molar-refractivity contribution in [1.82, 2.24) is 0 Å². The Morgan fingerprint density at radius 1 is 1.15 bits per heavy atom. The van der Waals surface area contributed by atoms with E-state index in [1.165, 1.54) is 6.92 Å². The van der Waals surface area contributed by atoms with Crippen LogP contribution in [0.3, 0.4) is 0 Å². The molecule has 0 aromatic carbocycles. The fraction of sp³-hybridized carbons (Fsp3) is 0.800. The minimum Gasteiger partial charge on any atom is -0.324 e. The van der Waals surface area contributed by atoms with Crippen molar-refractivity contribution in [3.63, 3.8) is 0 Å². The molecule has 0 atom stereocenters. The molecule has 120 valence electrons. The van der Waals surface area contributed by atoms with Crippen LogP contribution < -0.4 is 0 Å². The lowest BCUT2D eigenvalue weighted by Crippen LogP contribution is -2.06. The predicted molar refractivity (Wildman–Crippen MR) is 74.0 cm³/mol. The Morgan fingerprint density at radius 3 is 1.80 bits per heavy atom. The molecule has 20 heavy (non-hydrogen) atoms. The zero-order valence-electron chi connectivity index (χ0n) is 11.9. The molecule has 0 aliphatic heterocycles. The SMILES string of the molecule is CCOP(=O)(CC(C)=O)OCC.O=CCCP(=O)(O)O. The highest BCUT2D eigenvalue weighted by atomic mass is 31.2. The third kappa shape index (κ3) is 15.7. The molecule has 0 saturated carbocycles. The molecule has 2 N–H and O–H groups in total. The van der Waals surface area contributed by atoms with E-state index in [2.05, 4.69) is 0 Å². The second-order valence-electron chi connectivity index (χ2n) is 3.65. The average molecular weight is 332 g/mol. The van der Waals surface area contributed by atoms with Crippen LogP contribution in [0.25, 0.3) is 0 Å². The van der Waals surface area contributed by atoms with Crippen LogP contribution in [0, 0.1) is 0 Å². The highest BCUT2D eigenvalue weighted by Crippen LogP contribution is 2.47. The smallest absolute Gasteiger partial charge is 0.324 e. The van der Waals surface area contributed by atoms with Gasteiger partial charge in [0.25, 0.3) is 0 Å². The van der Waals surface area contributed by atoms with Gasteiger partial charge in [-0.15, -0.1) is 0 Å². The molecule has 0 heterocycles. The second-order valence-corrected chi connectivity index (χ2v) is 7.48. The van der Waals surface area contributed by atoms with Gasteiger partial charge in [-0.2, -0.15) is 0 Å². The first-order chi connectivity index (χ1) is 9.10. The van der Waals surface area contributed by atoms with Gasteiger partial charge in [0.15, 0.2) is 0 Å². The zero-order chi connectivity index (χ0) is 16.2. The lowest BCUT2D eigenvalue weighted by atomic mass is 10.5. The number of carbonyl (C=O) groups is 2. The molecule has 0 aliphatic rings. The zero-order valence-corrected chi connectivity index (χ0v) is 13.6. The lowest BCUT2D eigenvalue weighted by Gasteiger charge is -2.14. The number of ketones is 1. The number of rotatable bonds is 9. The Balaban J connectivity index is 0. The fourth-order valence-corrected chi connectivity index (χ4v) is 3.05. The Bertz CT molecular complexity index is 365. The lowest BCUT2D eigenvalue weighted by molar-refractivity contribution is -0.115. The van der Waals surface area contributed by atoms with E-state index >= 15 is 0 Å². The van der Waals surface area contributed by atoms with Gasteiger partial charge < -0.3 is 23.6 Å². The molecule has 0 spiro atoms. The molecule has 0 radical (unpaired) electrons. The van der Waals surface area contributed by atoms with Crippen LogP contribution in [0.4, 0.5) is 0 Å². The summed E-state index contributed by atoms with van der Waals surface area (Å²) in [6, 6.07) is 0. The van der Waals surface area contributed by atoms with Gasteiger partial charge in [-0.25, -0.2) is 0 Å². The molecule has 0 saturated heterocycles. The van der Waals surface area contributed by atoms with Crippen molar-refractivity contribution in [2.75, 3.05) is 25.5 Å². The van der Waals surface area contributed by atoms with Gasteiger partial charge in [-0.3, -0.25) is 13.9 Å². The highest BCUT2D eigenvalue weighted by molar-refractivity contribution is 7.54. The van der Waals surface area contributed by atoms with Gasteiger partial charge in [-0.05, 0) is 20.8 Å². The topological polar surface area (TPSA) is 127 Å². The number of Topliss-reactive ketones (excluding diaryl/α,β-unsaturated/α-hetero) is 1. The largest absolute Gasteiger partial charge is 0.338 e. The van der Waals surface area contributed by atoms with Crippen molar-refractivity contribution in [2.45, 2.75) is 27.2 Å². The van der Waals surface area contributed by atoms with E-state index in [9.17, 15) is 18.7 Å². The maximum Gasteiger partial charge on any atom is 0.338 e. The molecule has 0 rings (SSSR count). The number of hydrogen-bond donors (Lipinski definition) is 2. The molecular formula is C10H22O8P2. The molecule has 0 unspecified atom stereocenters. The first kappa shape index (κ1) is 21.9. The standard InChI is InChI=1S/C7H15O4P.C3H7O4P/c1-4-10-12(9,11-5-2)6-7(3)8;4-2-1-3-8(5,6)7/h4-6H2,1-3H3;2H,1,3H2,(H2,5,6,7). The van der Waals surface area contributed by atoms with Crippen molar-refractivity contribution in [1.29, 1.82) is 0 Å². The van der Waals surface area contributed by atoms with Crippen molar-refractivity contribution < 1.29 is 37.6 Å². The molecule has 0 fully saturated rings. The van der Waals surface area contributed by atoms with Crippen molar-refractivity contribution in [3.8, 4) is 0 Å². The fourth-order valence-electron chi connectivity index (χ4n) is 1.02. The number of hydrogen-bond acceptors (Lipinski definition) is 6. The summed E-state index contributed by atoms with van der Waals surface area (Å²) in [5.41, 5.74) is 0. The Hall–Kier alpha value is -0.360. The van der Waals surface area contributed by atoms with Crippen molar-refractivity contribution >= 4 is 27.3 Å². The van der Waals surface area contributed by atoms with Crippen LogP contribution >= 0.6 is 15.2 Å². The van der Waals surface area contributed by atoms with Crippen LogP contribution in [0.2, 0.25) is 0 Å². The van der Waals surface area contributed by atoms with Crippen molar-refractivity contribution in [2.24, 2.45) is 0 Å². The molecular weight excluding hydrogens is 310 g/mol. The first-order valence-electron chi connectivity index (χ1n) is 5.96. The third-order valence-corrected chi connectivity index (χ3v) is 4.58. The van der Waals surface area contributed by atoms with E-state index in [0.29, 0.717) is 19.5 Å². The van der Waals surface area contributed by atoms with Crippen LogP contribution in [-0.4, -0.2) is 47.4 Å². The Kier molecular flexibility index (Phi) is 12.4. The summed E-state index contributed by atoms with van der Waals surface area (Å²) in [7, 11) is -7.04. The molecule has 10 heteroatoms. The van der Waals surface area contributed by atoms with E-state index in [1.54, 1.807) is 13.8 Å². The minimum atomic E-state index is -3.91. The molecule has 0 bridgehead atoms. The van der Waals surface area contributed by atoms with Gasteiger partial charge in [-0.1, -0.05) is 0 Å². The summed E-state index contributed by atoms with van der Waals surface area (Å²) in [6.07, 6.45) is -0.0471. The van der Waals surface area contributed by atoms with Gasteiger partial charge in [0.05, 0.1) is 19.4 Å². The predicted octanol–water partition coefficient (Wildman–Crippen LogP) is 1.59. The Labute approximate surface area is 118 Å². The first-order valence-corrected chi connectivity index (χ1v) is 9.48. The third-order valence-electron chi connectivity index (χ3n) is 1.61. The average Bonchev–Trinajstić information content (AvgIpc) is 2.25. The Morgan fingerprint density at radius 2 is 1.60 bits per heavy atom. The van der Waals surface area contributed by atoms with Crippen LogP contribution in [0.1, 0.15) is 27.2 Å². The maximum atomic E-state index is 11.6. The van der Waals surface area contributed by atoms with Gasteiger partial charge in [0.2, 0.25) is 0 Å². The molecule has 8 nitrogen and oxygen atoms in total. The van der Waals surface area contributed by atoms with E-state index < -0.39 is 15.2 Å². The molecule has 0 amide bonds.